The number of fused-ring (bicyclic) bond motifs is 1. The van der Waals surface area contributed by atoms with Crippen molar-refractivity contribution in [1.29, 1.82) is 0 Å². The van der Waals surface area contributed by atoms with Crippen molar-refractivity contribution in [3.05, 3.63) is 89.8 Å². The summed E-state index contributed by atoms with van der Waals surface area (Å²) in [5.74, 6) is 0.858. The van der Waals surface area contributed by atoms with Gasteiger partial charge in [-0.25, -0.2) is 4.98 Å². The molecular formula is C25H20N2OS. The fourth-order valence-electron chi connectivity index (χ4n) is 3.76. The van der Waals surface area contributed by atoms with Crippen LogP contribution in [0.1, 0.15) is 4.88 Å². The minimum absolute atomic E-state index is 0.858. The van der Waals surface area contributed by atoms with E-state index in [1.54, 1.807) is 18.4 Å². The molecule has 3 aromatic carbocycles. The van der Waals surface area contributed by atoms with E-state index in [1.165, 1.54) is 10.6 Å². The van der Waals surface area contributed by atoms with Crippen LogP contribution in [0.15, 0.2) is 84.9 Å². The highest BCUT2D eigenvalue weighted by atomic mass is 32.1. The third kappa shape index (κ3) is 3.02. The molecule has 0 atom stereocenters. The Bertz CT molecular complexity index is 1270. The maximum atomic E-state index is 5.34. The minimum Gasteiger partial charge on any atom is -0.497 e. The number of methoxy groups -OCH3 is 1. The molecule has 0 aliphatic heterocycles. The molecule has 5 aromatic rings. The van der Waals surface area contributed by atoms with Crippen molar-refractivity contribution in [3.8, 4) is 39.5 Å². The van der Waals surface area contributed by atoms with Gasteiger partial charge < -0.3 is 4.74 Å². The molecule has 0 fully saturated rings. The van der Waals surface area contributed by atoms with Crippen LogP contribution in [-0.2, 0) is 0 Å². The van der Waals surface area contributed by atoms with Gasteiger partial charge in [-0.2, -0.15) is 0 Å². The van der Waals surface area contributed by atoms with Crippen molar-refractivity contribution in [2.45, 2.75) is 6.92 Å². The molecule has 4 heteroatoms. The summed E-state index contributed by atoms with van der Waals surface area (Å²) in [4.78, 5) is 7.31. The average Bonchev–Trinajstić information content (AvgIpc) is 3.29. The predicted octanol–water partition coefficient (Wildman–Crippen LogP) is 6.71. The van der Waals surface area contributed by atoms with Gasteiger partial charge in [0.25, 0.3) is 0 Å². The lowest BCUT2D eigenvalue weighted by atomic mass is 10.0. The molecule has 29 heavy (non-hydrogen) atoms. The molecular weight excluding hydrogens is 376 g/mol. The number of hydrogen-bond acceptors (Lipinski definition) is 3. The molecule has 0 radical (unpaired) electrons. The van der Waals surface area contributed by atoms with Gasteiger partial charge >= 0.3 is 0 Å². The van der Waals surface area contributed by atoms with Crippen LogP contribution in [0.3, 0.4) is 0 Å². The van der Waals surface area contributed by atoms with E-state index in [0.717, 1.165) is 38.8 Å². The Morgan fingerprint density at radius 3 is 1.93 bits per heavy atom. The third-order valence-electron chi connectivity index (χ3n) is 5.11. The highest BCUT2D eigenvalue weighted by molar-refractivity contribution is 7.17. The van der Waals surface area contributed by atoms with Gasteiger partial charge in [-0.05, 0) is 36.8 Å². The Labute approximate surface area is 173 Å². The molecule has 2 aromatic heterocycles. The summed E-state index contributed by atoms with van der Waals surface area (Å²) < 4.78 is 7.65. The van der Waals surface area contributed by atoms with Crippen molar-refractivity contribution in [1.82, 2.24) is 9.38 Å². The molecule has 0 aliphatic rings. The zero-order valence-electron chi connectivity index (χ0n) is 16.3. The van der Waals surface area contributed by atoms with Gasteiger partial charge in [-0.1, -0.05) is 60.7 Å². The summed E-state index contributed by atoms with van der Waals surface area (Å²) in [6, 6.07) is 29.2. The number of hydrogen-bond donors (Lipinski definition) is 0. The zero-order valence-corrected chi connectivity index (χ0v) is 17.1. The average molecular weight is 397 g/mol. The van der Waals surface area contributed by atoms with Crippen LogP contribution < -0.4 is 4.74 Å². The first-order valence-corrected chi connectivity index (χ1v) is 10.3. The summed E-state index contributed by atoms with van der Waals surface area (Å²) in [5, 5.41) is 0. The van der Waals surface area contributed by atoms with E-state index in [9.17, 15) is 0 Å². The Kier molecular flexibility index (Phi) is 4.41. The second-order valence-electron chi connectivity index (χ2n) is 6.89. The van der Waals surface area contributed by atoms with E-state index in [4.69, 9.17) is 9.72 Å². The van der Waals surface area contributed by atoms with Crippen molar-refractivity contribution in [2.24, 2.45) is 0 Å². The molecule has 0 aliphatic carbocycles. The van der Waals surface area contributed by atoms with Crippen LogP contribution in [0.2, 0.25) is 0 Å². The SMILES string of the molecule is COc1ccc(-c2c(C)sc3nc(-c4ccccc4)c(-c4ccccc4)n23)cc1. The van der Waals surface area contributed by atoms with E-state index in [-0.39, 0.29) is 0 Å². The summed E-state index contributed by atoms with van der Waals surface area (Å²) in [6.07, 6.45) is 0. The molecule has 0 amide bonds. The standard InChI is InChI=1S/C25H20N2OS/c1-17-23(20-13-15-21(28-2)16-14-20)27-24(19-11-7-4-8-12-19)22(26-25(27)29-17)18-9-5-3-6-10-18/h3-16H,1-2H3. The molecule has 0 unspecified atom stereocenters. The van der Waals surface area contributed by atoms with Gasteiger partial charge in [0.1, 0.15) is 5.75 Å². The lowest BCUT2D eigenvalue weighted by Crippen LogP contribution is -1.93. The first-order chi connectivity index (χ1) is 14.3. The molecule has 0 saturated carbocycles. The molecule has 0 spiro atoms. The first kappa shape index (κ1) is 17.7. The van der Waals surface area contributed by atoms with Crippen molar-refractivity contribution < 1.29 is 4.74 Å². The van der Waals surface area contributed by atoms with Crippen LogP contribution in [0.5, 0.6) is 5.75 Å². The number of thiazole rings is 1. The summed E-state index contributed by atoms with van der Waals surface area (Å²) in [6.45, 7) is 2.16. The van der Waals surface area contributed by atoms with Crippen LogP contribution >= 0.6 is 11.3 Å². The van der Waals surface area contributed by atoms with Gasteiger partial charge in [0, 0.05) is 16.0 Å². The second kappa shape index (κ2) is 7.22. The summed E-state index contributed by atoms with van der Waals surface area (Å²) in [7, 11) is 1.69. The van der Waals surface area contributed by atoms with E-state index in [1.807, 2.05) is 24.3 Å². The fraction of sp³-hybridized carbons (Fsp3) is 0.0800. The monoisotopic (exact) mass is 396 g/mol. The Hall–Kier alpha value is -3.37. The molecule has 0 saturated heterocycles. The largest absolute Gasteiger partial charge is 0.497 e. The fourth-order valence-corrected chi connectivity index (χ4v) is 4.75. The maximum absolute atomic E-state index is 5.34. The Morgan fingerprint density at radius 2 is 1.31 bits per heavy atom. The number of aromatic nitrogens is 2. The number of nitrogens with zero attached hydrogens (tertiary/aromatic N) is 2. The highest BCUT2D eigenvalue weighted by Gasteiger charge is 2.22. The number of rotatable bonds is 4. The van der Waals surface area contributed by atoms with Crippen molar-refractivity contribution >= 4 is 16.3 Å². The van der Waals surface area contributed by atoms with E-state index in [0.29, 0.717) is 0 Å². The minimum atomic E-state index is 0.858. The number of benzene rings is 3. The molecule has 0 N–H and O–H groups in total. The quantitative estimate of drug-likeness (QED) is 0.337. The van der Waals surface area contributed by atoms with Crippen molar-refractivity contribution in [3.63, 3.8) is 0 Å². The van der Waals surface area contributed by atoms with Gasteiger partial charge in [0.15, 0.2) is 4.96 Å². The van der Waals surface area contributed by atoms with Gasteiger partial charge in [-0.15, -0.1) is 11.3 Å². The van der Waals surface area contributed by atoms with Gasteiger partial charge in [0.2, 0.25) is 0 Å². The topological polar surface area (TPSA) is 26.5 Å². The normalized spacial score (nSPS) is 11.1. The number of imidazole rings is 1. The van der Waals surface area contributed by atoms with Crippen LogP contribution in [-0.4, -0.2) is 16.5 Å². The van der Waals surface area contributed by atoms with Gasteiger partial charge in [-0.3, -0.25) is 4.40 Å². The third-order valence-corrected chi connectivity index (χ3v) is 6.06. The summed E-state index contributed by atoms with van der Waals surface area (Å²) in [5.41, 5.74) is 6.76. The lowest BCUT2D eigenvalue weighted by Gasteiger charge is -2.10. The number of ether oxygens (including phenoxy) is 1. The van der Waals surface area contributed by atoms with Crippen LogP contribution in [0, 0.1) is 6.92 Å². The molecule has 142 valence electrons. The molecule has 2 heterocycles. The van der Waals surface area contributed by atoms with Crippen LogP contribution in [0.4, 0.5) is 0 Å². The molecule has 0 bridgehead atoms. The Morgan fingerprint density at radius 1 is 0.724 bits per heavy atom. The van der Waals surface area contributed by atoms with Crippen molar-refractivity contribution in [2.75, 3.05) is 7.11 Å². The molecule has 3 nitrogen and oxygen atoms in total. The van der Waals surface area contributed by atoms with Gasteiger partial charge in [0.05, 0.1) is 24.2 Å². The van der Waals surface area contributed by atoms with Crippen LogP contribution in [0.25, 0.3) is 38.7 Å². The van der Waals surface area contributed by atoms with E-state index < -0.39 is 0 Å². The first-order valence-electron chi connectivity index (χ1n) is 9.53. The predicted molar refractivity (Wildman–Crippen MR) is 121 cm³/mol. The number of aryl methyl sites for hydroxylation is 1. The maximum Gasteiger partial charge on any atom is 0.195 e. The van der Waals surface area contributed by atoms with E-state index >= 15 is 0 Å². The highest BCUT2D eigenvalue weighted by Crippen LogP contribution is 2.40. The smallest absolute Gasteiger partial charge is 0.195 e. The second-order valence-corrected chi connectivity index (χ2v) is 8.08. The zero-order chi connectivity index (χ0) is 19.8. The lowest BCUT2D eigenvalue weighted by molar-refractivity contribution is 0.415. The summed E-state index contributed by atoms with van der Waals surface area (Å²) >= 11 is 1.73. The molecule has 5 rings (SSSR count). The van der Waals surface area contributed by atoms with E-state index in [2.05, 4.69) is 72.0 Å². The Balaban J connectivity index is 1.83.